The number of carbonyl (C=O) groups excluding carboxylic acids is 2. The van der Waals surface area contributed by atoms with Crippen LogP contribution >= 0.6 is 24.0 Å². The van der Waals surface area contributed by atoms with E-state index in [0.717, 1.165) is 30.3 Å². The van der Waals surface area contributed by atoms with Crippen molar-refractivity contribution in [3.8, 4) is 0 Å². The van der Waals surface area contributed by atoms with Crippen molar-refractivity contribution in [1.82, 2.24) is 15.1 Å². The fourth-order valence-electron chi connectivity index (χ4n) is 2.18. The molecule has 2 amide bonds. The number of nitrogens with zero attached hydrogens (tertiary/aromatic N) is 2. The van der Waals surface area contributed by atoms with Gasteiger partial charge in [-0.05, 0) is 25.0 Å². The van der Waals surface area contributed by atoms with Crippen molar-refractivity contribution in [3.63, 3.8) is 0 Å². The molecule has 0 aliphatic carbocycles. The number of carbonyl (C=O) groups is 2. The van der Waals surface area contributed by atoms with Crippen LogP contribution in [0.1, 0.15) is 18.6 Å². The largest absolute Gasteiger partial charge is 0.467 e. The highest BCUT2D eigenvalue weighted by Gasteiger charge is 2.18. The van der Waals surface area contributed by atoms with Gasteiger partial charge in [0, 0.05) is 20.1 Å². The summed E-state index contributed by atoms with van der Waals surface area (Å²) in [5.41, 5.74) is 0. The van der Waals surface area contributed by atoms with Crippen molar-refractivity contribution in [1.29, 1.82) is 0 Å². The number of hydrogen-bond acceptors (Lipinski definition) is 5. The predicted molar refractivity (Wildman–Crippen MR) is 94.1 cm³/mol. The molecule has 1 aromatic rings. The van der Waals surface area contributed by atoms with Crippen LogP contribution in [0.5, 0.6) is 0 Å². The first-order valence-corrected chi connectivity index (χ1v) is 8.90. The van der Waals surface area contributed by atoms with Gasteiger partial charge in [-0.1, -0.05) is 24.0 Å². The molecule has 1 fully saturated rings. The molecule has 1 saturated heterocycles. The Hall–Kier alpha value is -1.54. The first-order valence-electron chi connectivity index (χ1n) is 7.51. The lowest BCUT2D eigenvalue weighted by molar-refractivity contribution is -0.132. The van der Waals surface area contributed by atoms with Gasteiger partial charge in [0.25, 0.3) is 0 Å². The number of thioether (sulfide) groups is 1. The predicted octanol–water partition coefficient (Wildman–Crippen LogP) is 1.47. The van der Waals surface area contributed by atoms with E-state index >= 15 is 0 Å². The molecule has 0 saturated carbocycles. The molecule has 8 heteroatoms. The van der Waals surface area contributed by atoms with Gasteiger partial charge in [-0.2, -0.15) is 0 Å². The molecule has 23 heavy (non-hydrogen) atoms. The summed E-state index contributed by atoms with van der Waals surface area (Å²) >= 11 is 6.69. The van der Waals surface area contributed by atoms with Crippen LogP contribution in [-0.4, -0.2) is 58.4 Å². The molecule has 0 radical (unpaired) electrons. The van der Waals surface area contributed by atoms with Gasteiger partial charge in [-0.15, -0.1) is 0 Å². The lowest BCUT2D eigenvalue weighted by atomic mass is 10.4. The van der Waals surface area contributed by atoms with Crippen LogP contribution in [0.4, 0.5) is 0 Å². The van der Waals surface area contributed by atoms with Gasteiger partial charge in [0.1, 0.15) is 10.1 Å². The van der Waals surface area contributed by atoms with Crippen molar-refractivity contribution in [2.75, 3.05) is 32.4 Å². The Balaban J connectivity index is 1.65. The molecule has 2 rings (SSSR count). The van der Waals surface area contributed by atoms with Gasteiger partial charge in [0.05, 0.1) is 25.1 Å². The van der Waals surface area contributed by atoms with E-state index in [1.54, 1.807) is 25.4 Å². The second kappa shape index (κ2) is 8.93. The Morgan fingerprint density at radius 3 is 2.83 bits per heavy atom. The molecule has 0 unspecified atom stereocenters. The maximum atomic E-state index is 12.1. The van der Waals surface area contributed by atoms with E-state index in [4.69, 9.17) is 16.6 Å². The van der Waals surface area contributed by atoms with Gasteiger partial charge < -0.3 is 19.5 Å². The lowest BCUT2D eigenvalue weighted by Gasteiger charge is -2.19. The SMILES string of the molecule is CN(CC(=O)NCc1ccco1)C(=O)CSC(=S)N1CCCC1. The molecule has 1 aliphatic heterocycles. The molecule has 1 N–H and O–H groups in total. The summed E-state index contributed by atoms with van der Waals surface area (Å²) in [6.45, 7) is 2.30. The van der Waals surface area contributed by atoms with E-state index in [2.05, 4.69) is 10.2 Å². The van der Waals surface area contributed by atoms with Crippen LogP contribution in [0.25, 0.3) is 0 Å². The van der Waals surface area contributed by atoms with Gasteiger partial charge >= 0.3 is 0 Å². The number of thiocarbonyl (C=S) groups is 1. The van der Waals surface area contributed by atoms with Crippen molar-refractivity contribution in [3.05, 3.63) is 24.2 Å². The Labute approximate surface area is 145 Å². The van der Waals surface area contributed by atoms with E-state index in [-0.39, 0.29) is 24.1 Å². The zero-order valence-corrected chi connectivity index (χ0v) is 14.8. The van der Waals surface area contributed by atoms with Crippen LogP contribution in [0, 0.1) is 0 Å². The van der Waals surface area contributed by atoms with E-state index in [0.29, 0.717) is 12.3 Å². The van der Waals surface area contributed by atoms with E-state index in [1.165, 1.54) is 16.7 Å². The highest BCUT2D eigenvalue weighted by molar-refractivity contribution is 8.23. The Bertz CT molecular complexity index is 542. The minimum atomic E-state index is -0.218. The topological polar surface area (TPSA) is 65.8 Å². The number of hydrogen-bond donors (Lipinski definition) is 1. The zero-order valence-electron chi connectivity index (χ0n) is 13.1. The van der Waals surface area contributed by atoms with Crippen LogP contribution in [0.3, 0.4) is 0 Å². The van der Waals surface area contributed by atoms with Gasteiger partial charge in [-0.25, -0.2) is 0 Å². The summed E-state index contributed by atoms with van der Waals surface area (Å²) in [7, 11) is 1.62. The molecule has 0 bridgehead atoms. The molecule has 126 valence electrons. The highest BCUT2D eigenvalue weighted by Crippen LogP contribution is 2.16. The smallest absolute Gasteiger partial charge is 0.239 e. The molecule has 0 aromatic carbocycles. The Morgan fingerprint density at radius 2 is 2.17 bits per heavy atom. The molecule has 1 aromatic heterocycles. The standard InChI is InChI=1S/C15H21N3O3S2/c1-17(10-13(19)16-9-12-5-4-8-21-12)14(20)11-23-15(22)18-6-2-3-7-18/h4-5,8H,2-3,6-7,9-11H2,1H3,(H,16,19). The van der Waals surface area contributed by atoms with Crippen LogP contribution in [-0.2, 0) is 16.1 Å². The maximum absolute atomic E-state index is 12.1. The molecule has 0 spiro atoms. The van der Waals surface area contributed by atoms with Crippen molar-refractivity contribution in [2.45, 2.75) is 19.4 Å². The molecular weight excluding hydrogens is 334 g/mol. The van der Waals surface area contributed by atoms with Gasteiger partial charge in [0.15, 0.2) is 0 Å². The van der Waals surface area contributed by atoms with E-state index < -0.39 is 0 Å². The number of nitrogens with one attached hydrogen (secondary N) is 1. The summed E-state index contributed by atoms with van der Waals surface area (Å²) in [5, 5.41) is 2.71. The third kappa shape index (κ3) is 5.87. The minimum Gasteiger partial charge on any atom is -0.467 e. The van der Waals surface area contributed by atoms with Crippen molar-refractivity contribution < 1.29 is 14.0 Å². The molecule has 1 aliphatic rings. The normalized spacial score (nSPS) is 13.9. The third-order valence-corrected chi connectivity index (χ3v) is 5.04. The van der Waals surface area contributed by atoms with E-state index in [1.807, 2.05) is 0 Å². The van der Waals surface area contributed by atoms with Crippen LogP contribution in [0.15, 0.2) is 22.8 Å². The fourth-order valence-corrected chi connectivity index (χ4v) is 3.37. The zero-order chi connectivity index (χ0) is 16.7. The maximum Gasteiger partial charge on any atom is 0.239 e. The van der Waals surface area contributed by atoms with Crippen molar-refractivity contribution in [2.24, 2.45) is 0 Å². The number of rotatable bonds is 6. The Kier molecular flexibility index (Phi) is 6.91. The first-order chi connectivity index (χ1) is 11.1. The summed E-state index contributed by atoms with van der Waals surface area (Å²) in [4.78, 5) is 27.4. The first kappa shape index (κ1) is 17.8. The second-order valence-electron chi connectivity index (χ2n) is 5.35. The number of likely N-dealkylation sites (N-methyl/N-ethyl adjacent to an activating group) is 1. The quantitative estimate of drug-likeness (QED) is 0.780. The second-order valence-corrected chi connectivity index (χ2v) is 6.96. The number of furan rings is 1. The highest BCUT2D eigenvalue weighted by atomic mass is 32.2. The molecular formula is C15H21N3O3S2. The average molecular weight is 355 g/mol. The molecule has 2 heterocycles. The van der Waals surface area contributed by atoms with Gasteiger partial charge in [0.2, 0.25) is 11.8 Å². The summed E-state index contributed by atoms with van der Waals surface area (Å²) in [5.74, 6) is 0.616. The summed E-state index contributed by atoms with van der Waals surface area (Å²) < 4.78 is 5.90. The number of likely N-dealkylation sites (tertiary alicyclic amines) is 1. The third-order valence-electron chi connectivity index (χ3n) is 3.53. The summed E-state index contributed by atoms with van der Waals surface area (Å²) in [6, 6.07) is 3.54. The number of amides is 2. The molecule has 0 atom stereocenters. The minimum absolute atomic E-state index is 0.0244. The fraction of sp³-hybridized carbons (Fsp3) is 0.533. The Morgan fingerprint density at radius 1 is 1.43 bits per heavy atom. The van der Waals surface area contributed by atoms with E-state index in [9.17, 15) is 9.59 Å². The van der Waals surface area contributed by atoms with Crippen LogP contribution < -0.4 is 5.32 Å². The lowest BCUT2D eigenvalue weighted by Crippen LogP contribution is -2.39. The monoisotopic (exact) mass is 355 g/mol. The van der Waals surface area contributed by atoms with Crippen LogP contribution in [0.2, 0.25) is 0 Å². The van der Waals surface area contributed by atoms with Gasteiger partial charge in [-0.3, -0.25) is 9.59 Å². The average Bonchev–Trinajstić information content (AvgIpc) is 3.22. The summed E-state index contributed by atoms with van der Waals surface area (Å²) in [6.07, 6.45) is 3.87. The molecule has 6 nitrogen and oxygen atoms in total. The van der Waals surface area contributed by atoms with Crippen molar-refractivity contribution >= 4 is 40.1 Å².